The zero-order valence-electron chi connectivity index (χ0n) is 16.3. The number of anilines is 2. The zero-order chi connectivity index (χ0) is 20.7. The highest BCUT2D eigenvalue weighted by molar-refractivity contribution is 6.51. The summed E-state index contributed by atoms with van der Waals surface area (Å²) < 4.78 is 0. The highest BCUT2D eigenvalue weighted by atomic mass is 16.2. The Morgan fingerprint density at radius 1 is 0.931 bits per heavy atom. The van der Waals surface area contributed by atoms with Crippen molar-refractivity contribution in [3.63, 3.8) is 0 Å². The zero-order valence-corrected chi connectivity index (χ0v) is 16.3. The summed E-state index contributed by atoms with van der Waals surface area (Å²) in [6.07, 6.45) is 1.66. The van der Waals surface area contributed by atoms with Crippen molar-refractivity contribution in [2.45, 2.75) is 0 Å². The van der Waals surface area contributed by atoms with Crippen molar-refractivity contribution in [2.24, 2.45) is 0 Å². The summed E-state index contributed by atoms with van der Waals surface area (Å²) in [6.45, 7) is 0. The van der Waals surface area contributed by atoms with E-state index < -0.39 is 17.2 Å². The minimum atomic E-state index is -0.457. The van der Waals surface area contributed by atoms with Gasteiger partial charge >= 0.3 is 0 Å². The highest BCUT2D eigenvalue weighted by Gasteiger charge is 2.33. The van der Waals surface area contributed by atoms with E-state index in [1.54, 1.807) is 37.4 Å². The van der Waals surface area contributed by atoms with Crippen LogP contribution in [0.3, 0.4) is 0 Å². The second kappa shape index (κ2) is 6.94. The van der Waals surface area contributed by atoms with Crippen LogP contribution in [0.5, 0.6) is 0 Å². The maximum Gasteiger partial charge on any atom is 0.271 e. The summed E-state index contributed by atoms with van der Waals surface area (Å²) in [4.78, 5) is 41.8. The van der Waals surface area contributed by atoms with Gasteiger partial charge in [-0.05, 0) is 35.9 Å². The summed E-state index contributed by atoms with van der Waals surface area (Å²) in [5, 5.41) is 5.66. The third kappa shape index (κ3) is 3.06. The molecule has 2 aromatic carbocycles. The maximum atomic E-state index is 13.1. The van der Waals surface area contributed by atoms with Crippen LogP contribution in [0.4, 0.5) is 11.4 Å². The Balaban J connectivity index is 1.96. The SMILES string of the molecule is CN(C)c1ccc(C=c2c(=O)[nH][nH]c2=C2C(=O)c3ccccc3N(C)C2=O)cc1. The van der Waals surface area contributed by atoms with Gasteiger partial charge in [-0.2, -0.15) is 0 Å². The lowest BCUT2D eigenvalue weighted by Gasteiger charge is -2.25. The number of aromatic amines is 2. The number of nitrogens with one attached hydrogen (secondary N) is 2. The molecule has 0 atom stereocenters. The molecule has 4 rings (SSSR count). The third-order valence-corrected chi connectivity index (χ3v) is 5.04. The Hall–Kier alpha value is -3.87. The van der Waals surface area contributed by atoms with Crippen molar-refractivity contribution in [3.05, 3.63) is 80.6 Å². The van der Waals surface area contributed by atoms with E-state index in [2.05, 4.69) is 10.2 Å². The summed E-state index contributed by atoms with van der Waals surface area (Å²) in [5.41, 5.74) is 2.33. The van der Waals surface area contributed by atoms with E-state index in [0.29, 0.717) is 11.3 Å². The lowest BCUT2D eigenvalue weighted by atomic mass is 9.95. The van der Waals surface area contributed by atoms with Crippen molar-refractivity contribution >= 4 is 34.7 Å². The lowest BCUT2D eigenvalue weighted by molar-refractivity contribution is -0.113. The molecule has 1 aromatic heterocycles. The number of carbonyl (C=O) groups excluding carboxylic acids is 2. The van der Waals surface area contributed by atoms with Gasteiger partial charge in [0.25, 0.3) is 11.5 Å². The Kier molecular flexibility index (Phi) is 4.43. The number of Topliss-reactive ketones (excluding diaryl/α,β-unsaturated/α-hetero) is 1. The second-order valence-electron chi connectivity index (χ2n) is 7.08. The number of amides is 1. The van der Waals surface area contributed by atoms with Gasteiger partial charge < -0.3 is 9.80 Å². The first-order valence-corrected chi connectivity index (χ1v) is 9.10. The number of rotatable bonds is 2. The van der Waals surface area contributed by atoms with Crippen LogP contribution in [-0.2, 0) is 4.79 Å². The average Bonchev–Trinajstić information content (AvgIpc) is 3.07. The normalized spacial score (nSPS) is 16.2. The molecule has 3 aromatic rings. The number of carbonyl (C=O) groups is 2. The number of hydrogen-bond acceptors (Lipinski definition) is 4. The largest absolute Gasteiger partial charge is 0.378 e. The molecular formula is C22H20N4O3. The van der Waals surface area contributed by atoms with Gasteiger partial charge in [0.2, 0.25) is 5.78 Å². The van der Waals surface area contributed by atoms with Crippen molar-refractivity contribution in [1.29, 1.82) is 0 Å². The summed E-state index contributed by atoms with van der Waals surface area (Å²) in [5.74, 6) is -0.863. The molecule has 0 spiro atoms. The number of ketones is 1. The van der Waals surface area contributed by atoms with Crippen LogP contribution in [0.1, 0.15) is 15.9 Å². The summed E-state index contributed by atoms with van der Waals surface area (Å²) >= 11 is 0. The minimum absolute atomic E-state index is 0.0549. The second-order valence-corrected chi connectivity index (χ2v) is 7.08. The molecule has 1 aliphatic heterocycles. The number of nitrogens with zero attached hydrogens (tertiary/aromatic N) is 2. The van der Waals surface area contributed by atoms with E-state index >= 15 is 0 Å². The van der Waals surface area contributed by atoms with E-state index in [4.69, 9.17) is 0 Å². The van der Waals surface area contributed by atoms with E-state index in [1.807, 2.05) is 43.3 Å². The number of benzene rings is 2. The molecule has 1 aliphatic rings. The molecule has 1 amide bonds. The molecule has 7 nitrogen and oxygen atoms in total. The number of para-hydroxylation sites is 1. The van der Waals surface area contributed by atoms with Crippen LogP contribution in [0.15, 0.2) is 53.3 Å². The predicted molar refractivity (Wildman–Crippen MR) is 113 cm³/mol. The van der Waals surface area contributed by atoms with Crippen molar-refractivity contribution in [3.8, 4) is 0 Å². The molecule has 0 fully saturated rings. The topological polar surface area (TPSA) is 89.3 Å². The summed E-state index contributed by atoms with van der Waals surface area (Å²) in [6, 6.07) is 14.5. The molecule has 0 saturated carbocycles. The van der Waals surface area contributed by atoms with E-state index in [-0.39, 0.29) is 16.1 Å². The van der Waals surface area contributed by atoms with Crippen molar-refractivity contribution < 1.29 is 9.59 Å². The number of hydrogen-bond donors (Lipinski definition) is 2. The van der Waals surface area contributed by atoms with Crippen LogP contribution < -0.4 is 25.9 Å². The van der Waals surface area contributed by atoms with Crippen molar-refractivity contribution in [2.75, 3.05) is 30.9 Å². The van der Waals surface area contributed by atoms with E-state index in [9.17, 15) is 14.4 Å². The lowest BCUT2D eigenvalue weighted by Crippen LogP contribution is -2.44. The molecule has 0 unspecified atom stereocenters. The van der Waals surface area contributed by atoms with Gasteiger partial charge in [0, 0.05) is 32.4 Å². The van der Waals surface area contributed by atoms with Crippen LogP contribution in [-0.4, -0.2) is 43.0 Å². The fraction of sp³-hybridized carbons (Fsp3) is 0.136. The van der Waals surface area contributed by atoms with Gasteiger partial charge in [0.05, 0.1) is 16.3 Å². The van der Waals surface area contributed by atoms with Gasteiger partial charge in [-0.25, -0.2) is 0 Å². The fourth-order valence-corrected chi connectivity index (χ4v) is 3.43. The first kappa shape index (κ1) is 18.5. The number of fused-ring (bicyclic) bond motifs is 1. The van der Waals surface area contributed by atoms with Gasteiger partial charge in [0.1, 0.15) is 5.57 Å². The Morgan fingerprint density at radius 3 is 2.31 bits per heavy atom. The fourth-order valence-electron chi connectivity index (χ4n) is 3.43. The molecule has 0 aliphatic carbocycles. The third-order valence-electron chi connectivity index (χ3n) is 5.04. The first-order chi connectivity index (χ1) is 13.9. The van der Waals surface area contributed by atoms with Crippen LogP contribution in [0.2, 0.25) is 0 Å². The molecule has 29 heavy (non-hydrogen) atoms. The van der Waals surface area contributed by atoms with E-state index in [0.717, 1.165) is 11.3 Å². The van der Waals surface area contributed by atoms with Crippen LogP contribution in [0.25, 0.3) is 11.6 Å². The van der Waals surface area contributed by atoms with Crippen LogP contribution in [0, 0.1) is 0 Å². The Morgan fingerprint density at radius 2 is 1.62 bits per heavy atom. The smallest absolute Gasteiger partial charge is 0.271 e. The van der Waals surface area contributed by atoms with Gasteiger partial charge in [0.15, 0.2) is 0 Å². The van der Waals surface area contributed by atoms with Gasteiger partial charge in [-0.1, -0.05) is 24.3 Å². The quantitative estimate of drug-likeness (QED) is 0.673. The highest BCUT2D eigenvalue weighted by Crippen LogP contribution is 2.28. The van der Waals surface area contributed by atoms with Gasteiger partial charge in [-0.15, -0.1) is 0 Å². The Bertz CT molecular complexity index is 1300. The molecule has 2 heterocycles. The standard InChI is InChI=1S/C22H20N4O3/c1-25(2)14-10-8-13(9-11-14)12-16-19(23-24-21(16)28)18-20(27)15-6-4-5-7-17(15)26(3)22(18)29/h4-12,23H,1-3H3,(H,24,28). The number of aromatic nitrogens is 2. The minimum Gasteiger partial charge on any atom is -0.378 e. The molecule has 0 radical (unpaired) electrons. The van der Waals surface area contributed by atoms with Crippen molar-refractivity contribution in [1.82, 2.24) is 10.2 Å². The first-order valence-electron chi connectivity index (χ1n) is 9.10. The maximum absolute atomic E-state index is 13.1. The molecule has 0 bridgehead atoms. The molecule has 7 heteroatoms. The van der Waals surface area contributed by atoms with E-state index in [1.165, 1.54) is 4.90 Å². The molecule has 0 saturated heterocycles. The van der Waals surface area contributed by atoms with Crippen LogP contribution >= 0.6 is 0 Å². The molecular weight excluding hydrogens is 368 g/mol. The average molecular weight is 388 g/mol. The molecule has 2 N–H and O–H groups in total. The number of H-pyrrole nitrogens is 2. The molecule has 146 valence electrons. The summed E-state index contributed by atoms with van der Waals surface area (Å²) in [7, 11) is 5.50. The predicted octanol–water partition coefficient (Wildman–Crippen LogP) is 0.608. The van der Waals surface area contributed by atoms with Gasteiger partial charge in [-0.3, -0.25) is 24.6 Å². The monoisotopic (exact) mass is 388 g/mol. The Labute approximate surface area is 166 Å².